The van der Waals surface area contributed by atoms with Crippen molar-refractivity contribution in [3.63, 3.8) is 0 Å². The standard InChI is InChI=1S/C15H18N2O/c16-13-6-11(7-13)10-4-9-2-1-3-17-14(18)8-12(5-10)15(9)17/h4-5,11,13H,1-3,6-8,16H2. The fourth-order valence-electron chi connectivity index (χ4n) is 3.68. The van der Waals surface area contributed by atoms with E-state index in [4.69, 9.17) is 5.73 Å². The van der Waals surface area contributed by atoms with E-state index in [9.17, 15) is 4.79 Å². The number of aryl methyl sites for hydroxylation is 1. The fourth-order valence-corrected chi connectivity index (χ4v) is 3.68. The summed E-state index contributed by atoms with van der Waals surface area (Å²) in [6.07, 6.45) is 5.05. The monoisotopic (exact) mass is 242 g/mol. The summed E-state index contributed by atoms with van der Waals surface area (Å²) in [4.78, 5) is 14.0. The second-order valence-electron chi connectivity index (χ2n) is 5.94. The highest BCUT2D eigenvalue weighted by molar-refractivity contribution is 6.02. The van der Waals surface area contributed by atoms with Crippen LogP contribution in [0.25, 0.3) is 0 Å². The number of anilines is 1. The van der Waals surface area contributed by atoms with Gasteiger partial charge in [0, 0.05) is 12.6 Å². The van der Waals surface area contributed by atoms with Crippen molar-refractivity contribution in [2.24, 2.45) is 5.73 Å². The first-order chi connectivity index (χ1) is 8.72. The summed E-state index contributed by atoms with van der Waals surface area (Å²) < 4.78 is 0. The number of rotatable bonds is 1. The Balaban J connectivity index is 1.78. The molecule has 1 fully saturated rings. The quantitative estimate of drug-likeness (QED) is 0.815. The van der Waals surface area contributed by atoms with Gasteiger partial charge < -0.3 is 10.6 Å². The summed E-state index contributed by atoms with van der Waals surface area (Å²) in [6, 6.07) is 4.98. The molecule has 4 rings (SSSR count). The molecule has 1 saturated carbocycles. The third-order valence-corrected chi connectivity index (χ3v) is 4.68. The highest BCUT2D eigenvalue weighted by Gasteiger charge is 2.34. The van der Waals surface area contributed by atoms with Crippen LogP contribution >= 0.6 is 0 Å². The van der Waals surface area contributed by atoms with Crippen molar-refractivity contribution >= 4 is 11.6 Å². The molecule has 1 aliphatic carbocycles. The van der Waals surface area contributed by atoms with Crippen LogP contribution in [0.15, 0.2) is 12.1 Å². The average Bonchev–Trinajstić information content (AvgIpc) is 2.64. The van der Waals surface area contributed by atoms with Gasteiger partial charge in [0.05, 0.1) is 12.1 Å². The van der Waals surface area contributed by atoms with Gasteiger partial charge in [-0.15, -0.1) is 0 Å². The topological polar surface area (TPSA) is 46.3 Å². The van der Waals surface area contributed by atoms with Gasteiger partial charge in [-0.05, 0) is 48.3 Å². The number of hydrogen-bond acceptors (Lipinski definition) is 2. The van der Waals surface area contributed by atoms with Crippen molar-refractivity contribution in [2.75, 3.05) is 11.4 Å². The molecule has 0 radical (unpaired) electrons. The van der Waals surface area contributed by atoms with E-state index in [0.717, 1.165) is 32.2 Å². The maximum absolute atomic E-state index is 12.0. The summed E-state index contributed by atoms with van der Waals surface area (Å²) in [5, 5.41) is 0. The van der Waals surface area contributed by atoms with Gasteiger partial charge in [0.2, 0.25) is 5.91 Å². The molecule has 2 aliphatic heterocycles. The number of carbonyl (C=O) groups is 1. The summed E-state index contributed by atoms with van der Waals surface area (Å²) >= 11 is 0. The summed E-state index contributed by atoms with van der Waals surface area (Å²) in [6.45, 7) is 0.909. The van der Waals surface area contributed by atoms with E-state index in [0.29, 0.717) is 18.4 Å². The van der Waals surface area contributed by atoms with E-state index < -0.39 is 0 Å². The molecule has 1 aromatic carbocycles. The summed E-state index contributed by atoms with van der Waals surface area (Å²) in [5.74, 6) is 0.918. The van der Waals surface area contributed by atoms with Gasteiger partial charge in [-0.1, -0.05) is 12.1 Å². The first-order valence-corrected chi connectivity index (χ1v) is 6.94. The third-order valence-electron chi connectivity index (χ3n) is 4.68. The molecule has 0 saturated heterocycles. The Morgan fingerprint density at radius 3 is 2.78 bits per heavy atom. The van der Waals surface area contributed by atoms with Crippen molar-refractivity contribution in [1.29, 1.82) is 0 Å². The molecule has 0 aromatic heterocycles. The van der Waals surface area contributed by atoms with Gasteiger partial charge in [0.25, 0.3) is 0 Å². The molecule has 0 spiro atoms. The van der Waals surface area contributed by atoms with Crippen molar-refractivity contribution in [2.45, 2.75) is 44.1 Å². The molecule has 1 amide bonds. The van der Waals surface area contributed by atoms with E-state index in [-0.39, 0.29) is 5.91 Å². The Morgan fingerprint density at radius 2 is 2.00 bits per heavy atom. The Hall–Kier alpha value is -1.35. The molecule has 0 bridgehead atoms. The summed E-state index contributed by atoms with van der Waals surface area (Å²) in [5.41, 5.74) is 11.2. The first kappa shape index (κ1) is 10.6. The van der Waals surface area contributed by atoms with E-state index in [1.165, 1.54) is 22.4 Å². The Morgan fingerprint density at radius 1 is 1.22 bits per heavy atom. The molecule has 2 N–H and O–H groups in total. The zero-order valence-electron chi connectivity index (χ0n) is 10.5. The van der Waals surface area contributed by atoms with Crippen LogP contribution in [0.5, 0.6) is 0 Å². The number of amides is 1. The first-order valence-electron chi connectivity index (χ1n) is 6.94. The molecule has 3 aliphatic rings. The number of hydrogen-bond donors (Lipinski definition) is 1. The van der Waals surface area contributed by atoms with E-state index in [2.05, 4.69) is 12.1 Å². The Labute approximate surface area is 107 Å². The Bertz CT molecular complexity index is 532. The minimum Gasteiger partial charge on any atom is -0.328 e. The zero-order chi connectivity index (χ0) is 12.3. The van der Waals surface area contributed by atoms with Gasteiger partial charge in [0.1, 0.15) is 0 Å². The lowest BCUT2D eigenvalue weighted by atomic mass is 9.75. The van der Waals surface area contributed by atoms with Crippen LogP contribution in [0.1, 0.15) is 41.9 Å². The van der Waals surface area contributed by atoms with Crippen molar-refractivity contribution in [3.8, 4) is 0 Å². The molecule has 18 heavy (non-hydrogen) atoms. The minimum atomic E-state index is 0.286. The molecule has 0 atom stereocenters. The zero-order valence-corrected chi connectivity index (χ0v) is 10.5. The highest BCUT2D eigenvalue weighted by atomic mass is 16.2. The smallest absolute Gasteiger partial charge is 0.231 e. The average molecular weight is 242 g/mol. The van der Waals surface area contributed by atoms with Crippen LogP contribution in [-0.4, -0.2) is 18.5 Å². The van der Waals surface area contributed by atoms with E-state index >= 15 is 0 Å². The lowest BCUT2D eigenvalue weighted by Crippen LogP contribution is -2.35. The van der Waals surface area contributed by atoms with Gasteiger partial charge >= 0.3 is 0 Å². The molecule has 3 nitrogen and oxygen atoms in total. The lowest BCUT2D eigenvalue weighted by Gasteiger charge is -2.34. The predicted molar refractivity (Wildman–Crippen MR) is 70.8 cm³/mol. The number of carbonyl (C=O) groups excluding carboxylic acids is 1. The number of benzene rings is 1. The number of nitrogens with zero attached hydrogens (tertiary/aromatic N) is 1. The van der Waals surface area contributed by atoms with Crippen molar-refractivity contribution in [3.05, 3.63) is 28.8 Å². The van der Waals surface area contributed by atoms with E-state index in [1.807, 2.05) is 4.90 Å². The van der Waals surface area contributed by atoms with Crippen LogP contribution in [-0.2, 0) is 17.6 Å². The normalized spacial score (nSPS) is 29.2. The van der Waals surface area contributed by atoms with Gasteiger partial charge in [0.15, 0.2) is 0 Å². The maximum atomic E-state index is 12.0. The lowest BCUT2D eigenvalue weighted by molar-refractivity contribution is -0.117. The number of nitrogens with two attached hydrogens (primary N) is 1. The molecule has 94 valence electrons. The molecule has 0 unspecified atom stereocenters. The SMILES string of the molecule is NC1CC(c2cc3c4c(c2)CC(=O)N4CCC3)C1. The van der Waals surface area contributed by atoms with Crippen LogP contribution < -0.4 is 10.6 Å². The highest BCUT2D eigenvalue weighted by Crippen LogP contribution is 2.42. The van der Waals surface area contributed by atoms with Crippen molar-refractivity contribution < 1.29 is 4.79 Å². The summed E-state index contributed by atoms with van der Waals surface area (Å²) in [7, 11) is 0. The fraction of sp³-hybridized carbons (Fsp3) is 0.533. The molecule has 3 heteroatoms. The van der Waals surface area contributed by atoms with Gasteiger partial charge in [-0.25, -0.2) is 0 Å². The molecule has 1 aromatic rings. The second kappa shape index (κ2) is 3.58. The largest absolute Gasteiger partial charge is 0.328 e. The van der Waals surface area contributed by atoms with Crippen LogP contribution in [0.3, 0.4) is 0 Å². The second-order valence-corrected chi connectivity index (χ2v) is 5.94. The van der Waals surface area contributed by atoms with Gasteiger partial charge in [-0.2, -0.15) is 0 Å². The molecular formula is C15H18N2O. The van der Waals surface area contributed by atoms with Crippen LogP contribution in [0.2, 0.25) is 0 Å². The maximum Gasteiger partial charge on any atom is 0.231 e. The van der Waals surface area contributed by atoms with Crippen LogP contribution in [0.4, 0.5) is 5.69 Å². The van der Waals surface area contributed by atoms with Crippen LogP contribution in [0, 0.1) is 0 Å². The van der Waals surface area contributed by atoms with Gasteiger partial charge in [-0.3, -0.25) is 4.79 Å². The predicted octanol–water partition coefficient (Wildman–Crippen LogP) is 1.73. The Kier molecular flexibility index (Phi) is 2.10. The van der Waals surface area contributed by atoms with E-state index in [1.54, 1.807) is 0 Å². The molecule has 2 heterocycles. The minimum absolute atomic E-state index is 0.286. The molecular weight excluding hydrogens is 224 g/mol. The third kappa shape index (κ3) is 1.37. The van der Waals surface area contributed by atoms with Crippen molar-refractivity contribution in [1.82, 2.24) is 0 Å².